The summed E-state index contributed by atoms with van der Waals surface area (Å²) in [5.41, 5.74) is 3.44. The van der Waals surface area contributed by atoms with E-state index in [4.69, 9.17) is 0 Å². The molecule has 0 fully saturated rings. The molecule has 0 unspecified atom stereocenters. The Labute approximate surface area is 114 Å². The number of nitrogens with zero attached hydrogens (tertiary/aromatic N) is 1. The number of aryl methyl sites for hydroxylation is 2. The lowest BCUT2D eigenvalue weighted by atomic mass is 10.1. The van der Waals surface area contributed by atoms with Crippen LogP contribution in [0.1, 0.15) is 21.7 Å². The Morgan fingerprint density at radius 2 is 2.11 bits per heavy atom. The third kappa shape index (κ3) is 2.13. The van der Waals surface area contributed by atoms with Crippen molar-refractivity contribution in [3.63, 3.8) is 0 Å². The Bertz CT molecular complexity index is 757. The van der Waals surface area contributed by atoms with Gasteiger partial charge in [-0.2, -0.15) is 0 Å². The SMILES string of the molecule is Cc1csc(NC(=O)c2c(C)[nH]c3ccccc23)n1. The number of para-hydroxylation sites is 1. The van der Waals surface area contributed by atoms with Crippen LogP contribution < -0.4 is 5.32 Å². The van der Waals surface area contributed by atoms with Crippen molar-refractivity contribution in [3.8, 4) is 0 Å². The van der Waals surface area contributed by atoms with Crippen LogP contribution in [0.3, 0.4) is 0 Å². The second kappa shape index (κ2) is 4.51. The van der Waals surface area contributed by atoms with Crippen LogP contribution in [0.25, 0.3) is 10.9 Å². The van der Waals surface area contributed by atoms with E-state index in [2.05, 4.69) is 15.3 Å². The molecule has 0 aliphatic heterocycles. The molecule has 96 valence electrons. The molecule has 2 aromatic heterocycles. The zero-order valence-corrected chi connectivity index (χ0v) is 11.5. The molecule has 0 radical (unpaired) electrons. The van der Waals surface area contributed by atoms with Gasteiger partial charge in [0.2, 0.25) is 0 Å². The van der Waals surface area contributed by atoms with E-state index in [9.17, 15) is 4.79 Å². The standard InChI is InChI=1S/C14H13N3OS/c1-8-7-19-14(15-8)17-13(18)12-9(2)16-11-6-4-3-5-10(11)12/h3-7,16H,1-2H3,(H,15,17,18). The molecule has 0 spiro atoms. The molecule has 1 aromatic carbocycles. The molecule has 0 saturated heterocycles. The van der Waals surface area contributed by atoms with Crippen LogP contribution in [0.15, 0.2) is 29.6 Å². The molecule has 0 aliphatic rings. The van der Waals surface area contributed by atoms with E-state index in [0.717, 1.165) is 22.3 Å². The van der Waals surface area contributed by atoms with Gasteiger partial charge in [-0.25, -0.2) is 4.98 Å². The highest BCUT2D eigenvalue weighted by Gasteiger charge is 2.16. The smallest absolute Gasteiger partial charge is 0.259 e. The summed E-state index contributed by atoms with van der Waals surface area (Å²) in [4.78, 5) is 19.8. The number of aromatic nitrogens is 2. The summed E-state index contributed by atoms with van der Waals surface area (Å²) in [6.07, 6.45) is 0. The number of benzene rings is 1. The molecule has 3 aromatic rings. The first-order chi connectivity index (χ1) is 9.15. The highest BCUT2D eigenvalue weighted by molar-refractivity contribution is 7.13. The number of rotatable bonds is 2. The summed E-state index contributed by atoms with van der Waals surface area (Å²) in [7, 11) is 0. The number of amides is 1. The number of carbonyl (C=O) groups is 1. The molecule has 4 nitrogen and oxygen atoms in total. The number of hydrogen-bond acceptors (Lipinski definition) is 3. The van der Waals surface area contributed by atoms with E-state index < -0.39 is 0 Å². The van der Waals surface area contributed by atoms with E-state index >= 15 is 0 Å². The maximum absolute atomic E-state index is 12.4. The van der Waals surface area contributed by atoms with E-state index in [-0.39, 0.29) is 5.91 Å². The van der Waals surface area contributed by atoms with Gasteiger partial charge in [-0.1, -0.05) is 18.2 Å². The molecule has 1 amide bonds. The quantitative estimate of drug-likeness (QED) is 0.749. The molecule has 0 atom stereocenters. The van der Waals surface area contributed by atoms with Crippen molar-refractivity contribution < 1.29 is 4.79 Å². The molecule has 2 heterocycles. The number of hydrogen-bond donors (Lipinski definition) is 2. The average molecular weight is 271 g/mol. The minimum absolute atomic E-state index is 0.121. The highest BCUT2D eigenvalue weighted by atomic mass is 32.1. The highest BCUT2D eigenvalue weighted by Crippen LogP contribution is 2.23. The molecule has 0 bridgehead atoms. The summed E-state index contributed by atoms with van der Waals surface area (Å²) in [6.45, 7) is 3.81. The molecule has 2 N–H and O–H groups in total. The second-order valence-electron chi connectivity index (χ2n) is 4.42. The maximum atomic E-state index is 12.4. The van der Waals surface area contributed by atoms with Crippen molar-refractivity contribution >= 4 is 33.3 Å². The first-order valence-electron chi connectivity index (χ1n) is 5.96. The molecular formula is C14H13N3OS. The number of aromatic amines is 1. The largest absolute Gasteiger partial charge is 0.358 e. The monoisotopic (exact) mass is 271 g/mol. The van der Waals surface area contributed by atoms with E-state index in [1.807, 2.05) is 43.5 Å². The molecule has 0 aliphatic carbocycles. The van der Waals surface area contributed by atoms with E-state index in [1.165, 1.54) is 11.3 Å². The van der Waals surface area contributed by atoms with Crippen molar-refractivity contribution in [1.29, 1.82) is 0 Å². The van der Waals surface area contributed by atoms with E-state index in [1.54, 1.807) is 0 Å². The van der Waals surface area contributed by atoms with Crippen LogP contribution in [-0.2, 0) is 0 Å². The van der Waals surface area contributed by atoms with Gasteiger partial charge in [0.15, 0.2) is 5.13 Å². The first kappa shape index (κ1) is 11.9. The number of thiazole rings is 1. The number of carbonyl (C=O) groups excluding carboxylic acids is 1. The van der Waals surface area contributed by atoms with Crippen LogP contribution in [0.4, 0.5) is 5.13 Å². The van der Waals surface area contributed by atoms with Crippen LogP contribution in [0.2, 0.25) is 0 Å². The van der Waals surface area contributed by atoms with Crippen LogP contribution in [0, 0.1) is 13.8 Å². The van der Waals surface area contributed by atoms with Gasteiger partial charge < -0.3 is 4.98 Å². The lowest BCUT2D eigenvalue weighted by molar-refractivity contribution is 0.102. The van der Waals surface area contributed by atoms with Crippen molar-refractivity contribution in [2.75, 3.05) is 5.32 Å². The fraction of sp³-hybridized carbons (Fsp3) is 0.143. The van der Waals surface area contributed by atoms with Gasteiger partial charge >= 0.3 is 0 Å². The van der Waals surface area contributed by atoms with Crippen LogP contribution in [-0.4, -0.2) is 15.9 Å². The fourth-order valence-electron chi connectivity index (χ4n) is 2.14. The average Bonchev–Trinajstić information content (AvgIpc) is 2.91. The zero-order valence-electron chi connectivity index (χ0n) is 10.7. The molecular weight excluding hydrogens is 258 g/mol. The predicted octanol–water partition coefficient (Wildman–Crippen LogP) is 3.49. The number of fused-ring (bicyclic) bond motifs is 1. The summed E-state index contributed by atoms with van der Waals surface area (Å²) in [5.74, 6) is -0.121. The van der Waals surface area contributed by atoms with E-state index in [0.29, 0.717) is 10.7 Å². The van der Waals surface area contributed by atoms with Gasteiger partial charge in [0.05, 0.1) is 11.3 Å². The Morgan fingerprint density at radius 3 is 2.84 bits per heavy atom. The molecule has 19 heavy (non-hydrogen) atoms. The van der Waals surface area contributed by atoms with Gasteiger partial charge in [0, 0.05) is 22.0 Å². The Hall–Kier alpha value is -2.14. The lowest BCUT2D eigenvalue weighted by Crippen LogP contribution is -2.12. The van der Waals surface area contributed by atoms with Gasteiger partial charge in [-0.3, -0.25) is 10.1 Å². The Morgan fingerprint density at radius 1 is 1.32 bits per heavy atom. The topological polar surface area (TPSA) is 57.8 Å². The number of H-pyrrole nitrogens is 1. The minimum Gasteiger partial charge on any atom is -0.358 e. The van der Waals surface area contributed by atoms with Crippen LogP contribution in [0.5, 0.6) is 0 Å². The normalized spacial score (nSPS) is 10.8. The fourth-order valence-corrected chi connectivity index (χ4v) is 2.82. The Balaban J connectivity index is 1.99. The third-order valence-corrected chi connectivity index (χ3v) is 3.84. The Kier molecular flexibility index (Phi) is 2.83. The summed E-state index contributed by atoms with van der Waals surface area (Å²) in [6, 6.07) is 7.79. The lowest BCUT2D eigenvalue weighted by Gasteiger charge is -2.01. The molecule has 5 heteroatoms. The van der Waals surface area contributed by atoms with Crippen molar-refractivity contribution in [2.45, 2.75) is 13.8 Å². The zero-order chi connectivity index (χ0) is 13.4. The molecule has 0 saturated carbocycles. The van der Waals surface area contributed by atoms with Gasteiger partial charge in [-0.15, -0.1) is 11.3 Å². The number of nitrogens with one attached hydrogen (secondary N) is 2. The maximum Gasteiger partial charge on any atom is 0.259 e. The number of anilines is 1. The van der Waals surface area contributed by atoms with Crippen molar-refractivity contribution in [1.82, 2.24) is 9.97 Å². The van der Waals surface area contributed by atoms with Gasteiger partial charge in [0.25, 0.3) is 5.91 Å². The molecule has 3 rings (SSSR count). The summed E-state index contributed by atoms with van der Waals surface area (Å²) < 4.78 is 0. The van der Waals surface area contributed by atoms with Crippen molar-refractivity contribution in [2.24, 2.45) is 0 Å². The van der Waals surface area contributed by atoms with Gasteiger partial charge in [0.1, 0.15) is 0 Å². The summed E-state index contributed by atoms with van der Waals surface area (Å²) >= 11 is 1.43. The third-order valence-electron chi connectivity index (χ3n) is 2.96. The van der Waals surface area contributed by atoms with Crippen molar-refractivity contribution in [3.05, 3.63) is 46.6 Å². The summed E-state index contributed by atoms with van der Waals surface area (Å²) in [5, 5.41) is 6.33. The predicted molar refractivity (Wildman–Crippen MR) is 77.8 cm³/mol. The second-order valence-corrected chi connectivity index (χ2v) is 5.28. The minimum atomic E-state index is -0.121. The first-order valence-corrected chi connectivity index (χ1v) is 6.84. The van der Waals surface area contributed by atoms with Crippen LogP contribution >= 0.6 is 11.3 Å². The van der Waals surface area contributed by atoms with Gasteiger partial charge in [-0.05, 0) is 19.9 Å².